The zero-order valence-corrected chi connectivity index (χ0v) is 38.7. The third-order valence-corrected chi connectivity index (χ3v) is 13.1. The number of amides is 1. The predicted molar refractivity (Wildman–Crippen MR) is 246 cm³/mol. The summed E-state index contributed by atoms with van der Waals surface area (Å²) in [5, 5.41) is 24.8. The molecular weight excluding hydrogens is 765 g/mol. The molecule has 0 spiro atoms. The van der Waals surface area contributed by atoms with Crippen LogP contribution in [0.3, 0.4) is 0 Å². The van der Waals surface area contributed by atoms with E-state index in [2.05, 4.69) is 51.6 Å². The fraction of sp³-hybridized carbons (Fsp3) is 0.654. The van der Waals surface area contributed by atoms with E-state index in [0.717, 1.165) is 91.0 Å². The number of nitrogens with zero attached hydrogens (tertiary/aromatic N) is 2. The van der Waals surface area contributed by atoms with E-state index in [1.165, 1.54) is 44.1 Å². The molecule has 1 heterocycles. The summed E-state index contributed by atoms with van der Waals surface area (Å²) in [6.45, 7) is 17.0. The Hall–Kier alpha value is -3.66. The normalized spacial score (nSPS) is 23.7. The molecular formula is C52H78N2O7. The van der Waals surface area contributed by atoms with Gasteiger partial charge in [0.2, 0.25) is 11.7 Å². The van der Waals surface area contributed by atoms with E-state index in [0.29, 0.717) is 19.3 Å². The van der Waals surface area contributed by atoms with Crippen LogP contribution in [0.4, 0.5) is 0 Å². The molecule has 1 aliphatic heterocycles. The van der Waals surface area contributed by atoms with Crippen LogP contribution in [0.15, 0.2) is 65.9 Å². The second kappa shape index (κ2) is 23.1. The van der Waals surface area contributed by atoms with Crippen LogP contribution in [0.25, 0.3) is 0 Å². The number of rotatable bonds is 25. The Morgan fingerprint density at radius 3 is 2.21 bits per heavy atom. The Morgan fingerprint density at radius 1 is 0.902 bits per heavy atom. The van der Waals surface area contributed by atoms with Crippen molar-refractivity contribution in [3.8, 4) is 17.2 Å². The van der Waals surface area contributed by atoms with Crippen molar-refractivity contribution in [2.45, 2.75) is 174 Å². The molecule has 0 bridgehead atoms. The average molecular weight is 843 g/mol. The van der Waals surface area contributed by atoms with Gasteiger partial charge in [-0.3, -0.25) is 4.79 Å². The molecule has 2 N–H and O–H groups in total. The van der Waals surface area contributed by atoms with Gasteiger partial charge in [0.1, 0.15) is 28.9 Å². The zero-order chi connectivity index (χ0) is 44.0. The SMILES string of the molecule is C=CCO[C@@]12Oc3ccc(Oc4ccc(C)c(C)c4)cc3[C@H]3[C@H](CCCCO)[C@@H](CCCCO)C=C(C(=NOC(C)(C)C)C[C@@H]1N(C)C(=O)CCCCCCCCCCC)[C@H]32. The van der Waals surface area contributed by atoms with Crippen LogP contribution in [0.1, 0.15) is 159 Å². The number of unbranched alkanes of at least 4 members (excludes halogenated alkanes) is 10. The fourth-order valence-electron chi connectivity index (χ4n) is 9.83. The van der Waals surface area contributed by atoms with E-state index >= 15 is 0 Å². The smallest absolute Gasteiger partial charge is 0.239 e. The van der Waals surface area contributed by atoms with Gasteiger partial charge in [-0.2, -0.15) is 0 Å². The lowest BCUT2D eigenvalue weighted by Crippen LogP contribution is -2.69. The summed E-state index contributed by atoms with van der Waals surface area (Å²) in [5.74, 6) is 0.837. The van der Waals surface area contributed by atoms with Gasteiger partial charge in [0.05, 0.1) is 18.2 Å². The molecule has 2 aromatic rings. The van der Waals surface area contributed by atoms with Crippen LogP contribution in [-0.4, -0.2) is 71.0 Å². The molecule has 9 nitrogen and oxygen atoms in total. The van der Waals surface area contributed by atoms with E-state index in [4.69, 9.17) is 24.2 Å². The van der Waals surface area contributed by atoms with Crippen LogP contribution in [-0.2, 0) is 14.4 Å². The summed E-state index contributed by atoms with van der Waals surface area (Å²) in [4.78, 5) is 22.5. The Kier molecular flexibility index (Phi) is 18.4. The van der Waals surface area contributed by atoms with Gasteiger partial charge in [0.25, 0.3) is 0 Å². The summed E-state index contributed by atoms with van der Waals surface area (Å²) in [5.41, 5.74) is 4.72. The van der Waals surface area contributed by atoms with E-state index < -0.39 is 17.4 Å². The lowest BCUT2D eigenvalue weighted by Gasteiger charge is -2.59. The minimum absolute atomic E-state index is 0.0679. The number of oxime groups is 1. The number of allylic oxidation sites excluding steroid dienone is 1. The van der Waals surface area contributed by atoms with Crippen molar-refractivity contribution in [2.24, 2.45) is 22.9 Å². The number of aliphatic hydroxyl groups excluding tert-OH is 2. The maximum Gasteiger partial charge on any atom is 0.239 e. The highest BCUT2D eigenvalue weighted by Crippen LogP contribution is 2.62. The molecule has 338 valence electrons. The molecule has 6 atom stereocenters. The van der Waals surface area contributed by atoms with Crippen LogP contribution < -0.4 is 9.47 Å². The lowest BCUT2D eigenvalue weighted by molar-refractivity contribution is -0.255. The summed E-state index contributed by atoms with van der Waals surface area (Å²) < 4.78 is 21.0. The van der Waals surface area contributed by atoms with Crippen molar-refractivity contribution in [3.63, 3.8) is 0 Å². The molecule has 3 aliphatic rings. The molecule has 1 fully saturated rings. The van der Waals surface area contributed by atoms with Crippen LogP contribution >= 0.6 is 0 Å². The van der Waals surface area contributed by atoms with Gasteiger partial charge >= 0.3 is 0 Å². The Labute approximate surface area is 368 Å². The Bertz CT molecular complexity index is 1780. The van der Waals surface area contributed by atoms with Gasteiger partial charge in [-0.15, -0.1) is 6.58 Å². The number of hydrogen-bond donors (Lipinski definition) is 2. The quantitative estimate of drug-likeness (QED) is 0.0582. The van der Waals surface area contributed by atoms with Gasteiger partial charge in [0, 0.05) is 44.6 Å². The van der Waals surface area contributed by atoms with Gasteiger partial charge in [-0.05, 0) is 126 Å². The number of fused-ring (bicyclic) bond motifs is 2. The number of carbonyl (C=O) groups is 1. The molecule has 1 saturated carbocycles. The first-order chi connectivity index (χ1) is 29.4. The average Bonchev–Trinajstić information content (AvgIpc) is 3.23. The van der Waals surface area contributed by atoms with Crippen molar-refractivity contribution in [3.05, 3.63) is 77.4 Å². The topological polar surface area (TPSA) is 110 Å². The molecule has 2 aromatic carbocycles. The van der Waals surface area contributed by atoms with Crippen molar-refractivity contribution in [1.29, 1.82) is 0 Å². The van der Waals surface area contributed by atoms with Crippen molar-refractivity contribution in [2.75, 3.05) is 26.9 Å². The highest BCUT2D eigenvalue weighted by molar-refractivity contribution is 6.03. The highest BCUT2D eigenvalue weighted by atomic mass is 16.7. The zero-order valence-electron chi connectivity index (χ0n) is 38.7. The van der Waals surface area contributed by atoms with Gasteiger partial charge in [-0.25, -0.2) is 0 Å². The molecule has 1 amide bonds. The van der Waals surface area contributed by atoms with E-state index in [1.54, 1.807) is 6.08 Å². The molecule has 9 heteroatoms. The molecule has 61 heavy (non-hydrogen) atoms. The first kappa shape index (κ1) is 48.4. The number of aryl methyl sites for hydroxylation is 2. The molecule has 0 radical (unpaired) electrons. The maximum absolute atomic E-state index is 14.4. The third-order valence-electron chi connectivity index (χ3n) is 13.1. The molecule has 0 aromatic heterocycles. The van der Waals surface area contributed by atoms with E-state index in [-0.39, 0.29) is 49.4 Å². The molecule has 5 rings (SSSR count). The maximum atomic E-state index is 14.4. The Morgan fingerprint density at radius 2 is 1.56 bits per heavy atom. The number of hydrogen-bond acceptors (Lipinski definition) is 8. The highest BCUT2D eigenvalue weighted by Gasteiger charge is 2.65. The summed E-state index contributed by atoms with van der Waals surface area (Å²) in [7, 11) is 1.91. The summed E-state index contributed by atoms with van der Waals surface area (Å²) >= 11 is 0. The minimum atomic E-state index is -1.26. The Balaban J connectivity index is 1.62. The number of carbonyl (C=O) groups excluding carboxylic acids is 1. The standard InChI is InChI=1S/C52H78N2O7/c1-9-11-12-13-14-15-16-17-18-25-48(57)54(8)47-36-45(53-61-51(5,6)7)43-34-39(23-19-21-30-55)42(24-20-22-31-56)49-44-35-41(59-40-27-26-37(3)38(4)33-40)28-29-46(44)60-52(47,50(43)49)58-32-10-2/h10,26-29,33-35,39,42,47,49-50,55-56H,2,9,11-25,30-32,36H2,1,3-8H3/t39-,42+,47-,49+,50+,52+/m0/s1. The largest absolute Gasteiger partial charge is 0.459 e. The second-order valence-electron chi connectivity index (χ2n) is 18.9. The minimum Gasteiger partial charge on any atom is -0.459 e. The van der Waals surface area contributed by atoms with Crippen LogP contribution in [0, 0.1) is 31.6 Å². The number of aliphatic hydroxyl groups is 2. The van der Waals surface area contributed by atoms with Gasteiger partial charge in [-0.1, -0.05) is 94.5 Å². The van der Waals surface area contributed by atoms with E-state index in [9.17, 15) is 15.0 Å². The summed E-state index contributed by atoms with van der Waals surface area (Å²) in [6, 6.07) is 11.8. The lowest BCUT2D eigenvalue weighted by atomic mass is 9.55. The van der Waals surface area contributed by atoms with Crippen molar-refractivity contribution >= 4 is 11.6 Å². The van der Waals surface area contributed by atoms with Crippen molar-refractivity contribution in [1.82, 2.24) is 4.90 Å². The first-order valence-corrected chi connectivity index (χ1v) is 23.6. The van der Waals surface area contributed by atoms with Crippen LogP contribution in [0.5, 0.6) is 17.2 Å². The molecule has 0 saturated heterocycles. The van der Waals surface area contributed by atoms with Crippen molar-refractivity contribution < 1.29 is 34.1 Å². The summed E-state index contributed by atoms with van der Waals surface area (Å²) in [6.07, 6.45) is 20.6. The third kappa shape index (κ3) is 12.5. The number of benzene rings is 2. The molecule has 2 aliphatic carbocycles. The van der Waals surface area contributed by atoms with Gasteiger partial charge in [0.15, 0.2) is 0 Å². The van der Waals surface area contributed by atoms with E-state index in [1.807, 2.05) is 50.9 Å². The van der Waals surface area contributed by atoms with Gasteiger partial charge < -0.3 is 34.2 Å². The monoisotopic (exact) mass is 843 g/mol. The predicted octanol–water partition coefficient (Wildman–Crippen LogP) is 11.9. The molecule has 0 unspecified atom stereocenters. The number of likely N-dealkylation sites (N-methyl/N-ethyl adjacent to an activating group) is 1. The fourth-order valence-corrected chi connectivity index (χ4v) is 9.83. The number of ether oxygens (including phenoxy) is 3. The first-order valence-electron chi connectivity index (χ1n) is 23.6. The second-order valence-corrected chi connectivity index (χ2v) is 18.9. The van der Waals surface area contributed by atoms with Crippen LogP contribution in [0.2, 0.25) is 0 Å².